The van der Waals surface area contributed by atoms with Gasteiger partial charge in [-0.05, 0) is 32.1 Å². The number of halogens is 3. The maximum absolute atomic E-state index is 14.8. The lowest BCUT2D eigenvalue weighted by Crippen LogP contribution is -2.65. The Kier molecular flexibility index (Phi) is 5.86. The van der Waals surface area contributed by atoms with Crippen LogP contribution in [0.3, 0.4) is 0 Å². The van der Waals surface area contributed by atoms with Gasteiger partial charge in [-0.3, -0.25) is 19.2 Å². The molecule has 2 aliphatic rings. The number of amides is 3. The summed E-state index contributed by atoms with van der Waals surface area (Å²) in [6.45, 7) is 0.363. The van der Waals surface area contributed by atoms with E-state index in [1.165, 1.54) is 0 Å². The van der Waals surface area contributed by atoms with Gasteiger partial charge in [0.05, 0.1) is 0 Å². The molecule has 0 saturated heterocycles. The molecule has 0 radical (unpaired) electrons. The summed E-state index contributed by atoms with van der Waals surface area (Å²) in [5, 5.41) is 4.22. The van der Waals surface area contributed by atoms with E-state index in [1.807, 2.05) is 5.32 Å². The van der Waals surface area contributed by atoms with Crippen LogP contribution in [0.2, 0.25) is 0 Å². The normalized spacial score (nSPS) is 21.6. The summed E-state index contributed by atoms with van der Waals surface area (Å²) >= 11 is 0. The number of nitrogens with one attached hydrogen (secondary N) is 2. The number of carbonyl (C=O) groups is 4. The average Bonchev–Trinajstić information content (AvgIpc) is 2.94. The van der Waals surface area contributed by atoms with E-state index in [-0.39, 0.29) is 25.7 Å². The van der Waals surface area contributed by atoms with Gasteiger partial charge in [0.15, 0.2) is 0 Å². The molecule has 3 amide bonds. The van der Waals surface area contributed by atoms with Crippen LogP contribution in [0.25, 0.3) is 0 Å². The number of primary amides is 1. The molecule has 27 heavy (non-hydrogen) atoms. The molecule has 152 valence electrons. The lowest BCUT2D eigenvalue weighted by molar-refractivity contribution is -0.148. The largest absolute Gasteiger partial charge is 0.363 e. The van der Waals surface area contributed by atoms with Crippen LogP contribution >= 0.6 is 0 Å². The zero-order valence-electron chi connectivity index (χ0n) is 15.1. The predicted molar refractivity (Wildman–Crippen MR) is 88.4 cm³/mol. The van der Waals surface area contributed by atoms with Crippen LogP contribution in [0.1, 0.15) is 58.3 Å². The number of nitrogens with two attached hydrogens (primary N) is 1. The number of rotatable bonds is 8. The minimum absolute atomic E-state index is 0.153. The summed E-state index contributed by atoms with van der Waals surface area (Å²) in [5.41, 5.74) is 1.73. The second kappa shape index (κ2) is 7.47. The molecule has 0 bridgehead atoms. The second-order valence-corrected chi connectivity index (χ2v) is 7.59. The quantitative estimate of drug-likeness (QED) is 0.533. The Hall–Kier alpha value is -2.13. The van der Waals surface area contributed by atoms with E-state index in [1.54, 1.807) is 0 Å². The fraction of sp³-hybridized carbons (Fsp3) is 0.765. The molecule has 2 fully saturated rings. The highest BCUT2D eigenvalue weighted by molar-refractivity contribution is 6.39. The first-order valence-corrected chi connectivity index (χ1v) is 8.93. The number of alkyl halides is 3. The van der Waals surface area contributed by atoms with Crippen molar-refractivity contribution in [2.75, 3.05) is 0 Å². The molecule has 1 atom stereocenters. The zero-order chi connectivity index (χ0) is 20.5. The molecule has 0 aliphatic heterocycles. The van der Waals surface area contributed by atoms with Gasteiger partial charge in [0.25, 0.3) is 11.8 Å². The lowest BCUT2D eigenvalue weighted by atomic mass is 9.73. The molecule has 0 aromatic heterocycles. The summed E-state index contributed by atoms with van der Waals surface area (Å²) < 4.78 is 41.3. The van der Waals surface area contributed by atoms with Gasteiger partial charge in [0.2, 0.25) is 11.7 Å². The molecule has 2 aliphatic carbocycles. The van der Waals surface area contributed by atoms with Gasteiger partial charge < -0.3 is 16.4 Å². The standard InChI is InChI=1S/C17H24F3N3O4/c1-15(18,19)14(27)22-10(9-16(20)5-2-3-6-16)13(26)23-17(7-4-8-17)11(24)12(21)25/h10H,2-9H2,1H3,(H2,21,25)(H,22,27)(H,23,26). The van der Waals surface area contributed by atoms with Crippen molar-refractivity contribution in [1.29, 1.82) is 0 Å². The molecule has 2 saturated carbocycles. The molecule has 10 heteroatoms. The summed E-state index contributed by atoms with van der Waals surface area (Å²) in [4.78, 5) is 47.5. The first-order chi connectivity index (χ1) is 12.4. The van der Waals surface area contributed by atoms with E-state index in [0.29, 0.717) is 26.2 Å². The van der Waals surface area contributed by atoms with Crippen LogP contribution < -0.4 is 16.4 Å². The van der Waals surface area contributed by atoms with Crippen molar-refractivity contribution in [1.82, 2.24) is 10.6 Å². The minimum atomic E-state index is -3.76. The van der Waals surface area contributed by atoms with Crippen molar-refractivity contribution in [3.63, 3.8) is 0 Å². The van der Waals surface area contributed by atoms with Crippen molar-refractivity contribution in [3.8, 4) is 0 Å². The van der Waals surface area contributed by atoms with Crippen LogP contribution in [0.15, 0.2) is 0 Å². The number of hydrogen-bond donors (Lipinski definition) is 3. The molecule has 0 heterocycles. The monoisotopic (exact) mass is 391 g/mol. The van der Waals surface area contributed by atoms with Crippen molar-refractivity contribution < 1.29 is 32.3 Å². The third kappa shape index (κ3) is 4.78. The molecular weight excluding hydrogens is 367 g/mol. The van der Waals surface area contributed by atoms with E-state index in [2.05, 4.69) is 5.32 Å². The number of hydrogen-bond acceptors (Lipinski definition) is 4. The second-order valence-electron chi connectivity index (χ2n) is 7.59. The molecular formula is C17H24F3N3O4. The van der Waals surface area contributed by atoms with Crippen molar-refractivity contribution in [3.05, 3.63) is 0 Å². The van der Waals surface area contributed by atoms with E-state index in [0.717, 1.165) is 0 Å². The van der Waals surface area contributed by atoms with Crippen LogP contribution in [-0.4, -0.2) is 46.7 Å². The summed E-state index contributed by atoms with van der Waals surface area (Å²) in [6, 6.07) is -1.59. The Balaban J connectivity index is 2.18. The molecule has 1 unspecified atom stereocenters. The topological polar surface area (TPSA) is 118 Å². The molecule has 4 N–H and O–H groups in total. The van der Waals surface area contributed by atoms with E-state index in [4.69, 9.17) is 5.73 Å². The van der Waals surface area contributed by atoms with Crippen LogP contribution in [-0.2, 0) is 19.2 Å². The lowest BCUT2D eigenvalue weighted by Gasteiger charge is -2.41. The summed E-state index contributed by atoms with van der Waals surface area (Å²) in [7, 11) is 0. The maximum Gasteiger partial charge on any atom is 0.321 e. The highest BCUT2D eigenvalue weighted by Crippen LogP contribution is 2.38. The molecule has 2 rings (SSSR count). The maximum atomic E-state index is 14.8. The van der Waals surface area contributed by atoms with Crippen LogP contribution in [0.4, 0.5) is 13.2 Å². The van der Waals surface area contributed by atoms with Gasteiger partial charge in [-0.2, -0.15) is 8.78 Å². The first kappa shape index (κ1) is 21.2. The fourth-order valence-corrected chi connectivity index (χ4v) is 3.57. The molecule has 7 nitrogen and oxygen atoms in total. The average molecular weight is 391 g/mol. The number of carbonyl (C=O) groups excluding carboxylic acids is 4. The third-order valence-electron chi connectivity index (χ3n) is 5.32. The van der Waals surface area contributed by atoms with Gasteiger partial charge in [-0.1, -0.05) is 12.8 Å². The van der Waals surface area contributed by atoms with Crippen molar-refractivity contribution in [2.45, 2.75) is 81.5 Å². The highest BCUT2D eigenvalue weighted by atomic mass is 19.3. The number of ketones is 1. The molecule has 0 aromatic rings. The van der Waals surface area contributed by atoms with Crippen LogP contribution in [0.5, 0.6) is 0 Å². The van der Waals surface area contributed by atoms with E-state index < -0.39 is 53.1 Å². The minimum Gasteiger partial charge on any atom is -0.363 e. The van der Waals surface area contributed by atoms with Crippen molar-refractivity contribution in [2.24, 2.45) is 5.73 Å². The predicted octanol–water partition coefficient (Wildman–Crippen LogP) is 0.892. The van der Waals surface area contributed by atoms with E-state index in [9.17, 15) is 32.3 Å². The van der Waals surface area contributed by atoms with Crippen molar-refractivity contribution >= 4 is 23.5 Å². The summed E-state index contributed by atoms with van der Waals surface area (Å²) in [5.74, 6) is -8.68. The highest BCUT2D eigenvalue weighted by Gasteiger charge is 2.49. The Morgan fingerprint density at radius 1 is 1.07 bits per heavy atom. The Labute approximate surface area is 154 Å². The van der Waals surface area contributed by atoms with Gasteiger partial charge in [0.1, 0.15) is 17.2 Å². The van der Waals surface area contributed by atoms with Gasteiger partial charge in [-0.15, -0.1) is 0 Å². The zero-order valence-corrected chi connectivity index (χ0v) is 15.1. The Bertz CT molecular complexity index is 638. The van der Waals surface area contributed by atoms with Gasteiger partial charge in [0, 0.05) is 13.3 Å². The summed E-state index contributed by atoms with van der Waals surface area (Å²) in [6.07, 6.45) is 1.87. The van der Waals surface area contributed by atoms with E-state index >= 15 is 0 Å². The third-order valence-corrected chi connectivity index (χ3v) is 5.32. The Morgan fingerprint density at radius 2 is 1.63 bits per heavy atom. The molecule has 0 spiro atoms. The first-order valence-electron chi connectivity index (χ1n) is 8.93. The van der Waals surface area contributed by atoms with Gasteiger partial charge >= 0.3 is 5.92 Å². The fourth-order valence-electron chi connectivity index (χ4n) is 3.57. The smallest absolute Gasteiger partial charge is 0.321 e. The van der Waals surface area contributed by atoms with Gasteiger partial charge in [-0.25, -0.2) is 4.39 Å². The Morgan fingerprint density at radius 3 is 2.04 bits per heavy atom. The SMILES string of the molecule is CC(F)(F)C(=O)NC(CC1(F)CCCC1)C(=O)NC1(C(=O)C(N)=O)CCC1. The number of Topliss-reactive ketones (excluding diaryl/α,β-unsaturated/α-hetero) is 1. The molecule has 0 aromatic carbocycles. The van der Waals surface area contributed by atoms with Crippen LogP contribution in [0, 0.1) is 0 Å².